The third kappa shape index (κ3) is 11.2. The molecule has 0 unspecified atom stereocenters. The Labute approximate surface area is 204 Å². The van der Waals surface area contributed by atoms with Crippen molar-refractivity contribution in [3.63, 3.8) is 0 Å². The van der Waals surface area contributed by atoms with Crippen molar-refractivity contribution in [1.82, 2.24) is 25.6 Å². The van der Waals surface area contributed by atoms with Crippen LogP contribution in [0.1, 0.15) is 80.5 Å². The molecule has 1 heterocycles. The molecule has 0 radical (unpaired) electrons. The quantitative estimate of drug-likeness (QED) is 0.383. The van der Waals surface area contributed by atoms with Gasteiger partial charge in [-0.1, -0.05) is 13.8 Å². The first-order chi connectivity index (χ1) is 15.7. The van der Waals surface area contributed by atoms with Crippen LogP contribution in [0.4, 0.5) is 15.4 Å². The van der Waals surface area contributed by atoms with Crippen molar-refractivity contribution in [2.75, 3.05) is 24.6 Å². The molecule has 0 aliphatic heterocycles. The second-order valence-corrected chi connectivity index (χ2v) is 10.6. The lowest BCUT2D eigenvalue weighted by Gasteiger charge is -2.38. The molecule has 0 atom stereocenters. The number of amides is 3. The van der Waals surface area contributed by atoms with Gasteiger partial charge >= 0.3 is 12.1 Å². The average molecular weight is 476 g/mol. The highest BCUT2D eigenvalue weighted by Crippen LogP contribution is 2.17. The first-order valence-corrected chi connectivity index (χ1v) is 11.8. The third-order valence-corrected chi connectivity index (χ3v) is 4.58. The molecule has 0 spiro atoms. The molecule has 1 aromatic heterocycles. The number of ether oxygens (including phenoxy) is 1. The molecular formula is C24H41N7O3. The lowest BCUT2D eigenvalue weighted by atomic mass is 10.1. The molecule has 0 fully saturated rings. The van der Waals surface area contributed by atoms with Crippen molar-refractivity contribution in [2.45, 2.75) is 85.8 Å². The van der Waals surface area contributed by atoms with Crippen LogP contribution >= 0.6 is 0 Å². The highest BCUT2D eigenvalue weighted by molar-refractivity contribution is 5.76. The number of urea groups is 1. The molecule has 34 heavy (non-hydrogen) atoms. The maximum atomic E-state index is 13.2. The van der Waals surface area contributed by atoms with Gasteiger partial charge in [-0.05, 0) is 66.7 Å². The van der Waals surface area contributed by atoms with Gasteiger partial charge in [0.2, 0.25) is 5.82 Å². The second-order valence-electron chi connectivity index (χ2n) is 10.6. The van der Waals surface area contributed by atoms with E-state index in [2.05, 4.69) is 20.7 Å². The molecule has 1 rings (SSSR count). The Hall–Kier alpha value is -3.09. The maximum Gasteiger partial charge on any atom is 0.407 e. The number of anilines is 1. The largest absolute Gasteiger partial charge is 0.444 e. The molecule has 0 aliphatic carbocycles. The number of aromatic nitrogens is 2. The van der Waals surface area contributed by atoms with Crippen LogP contribution in [0.5, 0.6) is 0 Å². The standard InChI is InChI=1S/C24H41N7O3/c1-18(2)17-31(20-12-14-26-19(16-25)28-20)29-21(32)30(23(3,4)5)15-11-9-10-13-27-22(33)34-24(6,7)8/h12,14,18H,9-11,13,15,17H2,1-8H3,(H,27,33)(H,29,32). The van der Waals surface area contributed by atoms with Crippen molar-refractivity contribution in [3.8, 4) is 6.07 Å². The summed E-state index contributed by atoms with van der Waals surface area (Å²) in [7, 11) is 0. The number of nitrogens with zero attached hydrogens (tertiary/aromatic N) is 5. The number of carbonyl (C=O) groups is 2. The van der Waals surface area contributed by atoms with Crippen LogP contribution in [0.2, 0.25) is 0 Å². The summed E-state index contributed by atoms with van der Waals surface area (Å²) in [6, 6.07) is 3.36. The lowest BCUT2D eigenvalue weighted by Crippen LogP contribution is -2.56. The molecule has 0 aromatic carbocycles. The van der Waals surface area contributed by atoms with Gasteiger partial charge in [-0.25, -0.2) is 20.0 Å². The number of unbranched alkanes of at least 4 members (excludes halogenated alkanes) is 2. The van der Waals surface area contributed by atoms with Crippen LogP contribution in [0.3, 0.4) is 0 Å². The molecule has 0 bridgehead atoms. The lowest BCUT2D eigenvalue weighted by molar-refractivity contribution is 0.0527. The van der Waals surface area contributed by atoms with Crippen molar-refractivity contribution in [2.24, 2.45) is 5.92 Å². The minimum Gasteiger partial charge on any atom is -0.444 e. The first-order valence-electron chi connectivity index (χ1n) is 11.8. The van der Waals surface area contributed by atoms with Crippen molar-refractivity contribution >= 4 is 17.9 Å². The molecule has 0 saturated heterocycles. The van der Waals surface area contributed by atoms with Crippen molar-refractivity contribution in [1.29, 1.82) is 5.26 Å². The molecule has 190 valence electrons. The molecule has 0 aliphatic rings. The van der Waals surface area contributed by atoms with Gasteiger partial charge in [-0.15, -0.1) is 0 Å². The van der Waals surface area contributed by atoms with Crippen LogP contribution in [-0.2, 0) is 4.74 Å². The fourth-order valence-corrected chi connectivity index (χ4v) is 3.11. The summed E-state index contributed by atoms with van der Waals surface area (Å²) in [6.45, 7) is 17.1. The Balaban J connectivity index is 2.69. The van der Waals surface area contributed by atoms with Crippen molar-refractivity contribution in [3.05, 3.63) is 18.1 Å². The van der Waals surface area contributed by atoms with E-state index in [0.29, 0.717) is 25.5 Å². The smallest absolute Gasteiger partial charge is 0.407 e. The number of hydrogen-bond acceptors (Lipinski definition) is 7. The van der Waals surface area contributed by atoms with E-state index < -0.39 is 17.2 Å². The topological polar surface area (TPSA) is 123 Å². The average Bonchev–Trinajstić information content (AvgIpc) is 2.70. The van der Waals surface area contributed by atoms with Crippen LogP contribution in [-0.4, -0.2) is 57.8 Å². The Morgan fingerprint density at radius 1 is 1.15 bits per heavy atom. The van der Waals surface area contributed by atoms with Gasteiger partial charge < -0.3 is 15.0 Å². The zero-order valence-electron chi connectivity index (χ0n) is 21.9. The predicted octanol–water partition coefficient (Wildman–Crippen LogP) is 4.23. The zero-order valence-corrected chi connectivity index (χ0v) is 21.9. The van der Waals surface area contributed by atoms with Gasteiger partial charge in [0, 0.05) is 37.4 Å². The number of alkyl carbamates (subject to hydrolysis) is 1. The number of hydrazine groups is 1. The molecule has 2 N–H and O–H groups in total. The van der Waals surface area contributed by atoms with Gasteiger partial charge in [0.15, 0.2) is 5.82 Å². The number of carbonyl (C=O) groups excluding carboxylic acids is 2. The number of rotatable bonds is 10. The van der Waals surface area contributed by atoms with E-state index in [1.54, 1.807) is 16.0 Å². The summed E-state index contributed by atoms with van der Waals surface area (Å²) in [5.74, 6) is 0.769. The molecular weight excluding hydrogens is 434 g/mol. The second kappa shape index (κ2) is 13.0. The van der Waals surface area contributed by atoms with E-state index in [1.807, 2.05) is 61.5 Å². The Morgan fingerprint density at radius 3 is 2.38 bits per heavy atom. The van der Waals surface area contributed by atoms with Gasteiger partial charge in [0.25, 0.3) is 0 Å². The SMILES string of the molecule is CC(C)CN(NC(=O)N(CCCCCNC(=O)OC(C)(C)C)C(C)(C)C)c1ccnc(C#N)n1. The van der Waals surface area contributed by atoms with Crippen molar-refractivity contribution < 1.29 is 14.3 Å². The summed E-state index contributed by atoms with van der Waals surface area (Å²) in [5.41, 5.74) is 2.04. The fourth-order valence-electron chi connectivity index (χ4n) is 3.11. The number of nitrogens with one attached hydrogen (secondary N) is 2. The van der Waals surface area contributed by atoms with E-state index in [4.69, 9.17) is 10.00 Å². The molecule has 0 saturated carbocycles. The minimum atomic E-state index is -0.518. The van der Waals surface area contributed by atoms with E-state index in [0.717, 1.165) is 19.3 Å². The minimum absolute atomic E-state index is 0.0492. The third-order valence-electron chi connectivity index (χ3n) is 4.58. The van der Waals surface area contributed by atoms with E-state index in [-0.39, 0.29) is 17.8 Å². The van der Waals surface area contributed by atoms with Gasteiger partial charge in [0.05, 0.1) is 0 Å². The summed E-state index contributed by atoms with van der Waals surface area (Å²) >= 11 is 0. The Morgan fingerprint density at radius 2 is 1.82 bits per heavy atom. The Bertz CT molecular complexity index is 838. The van der Waals surface area contributed by atoms with E-state index in [1.165, 1.54) is 6.20 Å². The highest BCUT2D eigenvalue weighted by Gasteiger charge is 2.28. The summed E-state index contributed by atoms with van der Waals surface area (Å²) in [5, 5.41) is 13.5. The van der Waals surface area contributed by atoms with E-state index >= 15 is 0 Å². The summed E-state index contributed by atoms with van der Waals surface area (Å²) in [4.78, 5) is 34.9. The van der Waals surface area contributed by atoms with Crippen LogP contribution in [0.25, 0.3) is 0 Å². The first kappa shape index (κ1) is 28.9. The molecule has 10 nitrogen and oxygen atoms in total. The molecule has 10 heteroatoms. The summed E-state index contributed by atoms with van der Waals surface area (Å²) in [6.07, 6.45) is 3.51. The summed E-state index contributed by atoms with van der Waals surface area (Å²) < 4.78 is 5.23. The molecule has 3 amide bonds. The molecule has 1 aromatic rings. The fraction of sp³-hybridized carbons (Fsp3) is 0.708. The maximum absolute atomic E-state index is 13.2. The van der Waals surface area contributed by atoms with Gasteiger partial charge in [0.1, 0.15) is 11.7 Å². The van der Waals surface area contributed by atoms with Crippen LogP contribution < -0.4 is 15.8 Å². The van der Waals surface area contributed by atoms with Gasteiger partial charge in [-0.2, -0.15) is 10.2 Å². The van der Waals surface area contributed by atoms with Gasteiger partial charge in [-0.3, -0.25) is 5.01 Å². The monoisotopic (exact) mass is 475 g/mol. The number of hydrogen-bond donors (Lipinski definition) is 2. The number of nitriles is 1. The highest BCUT2D eigenvalue weighted by atomic mass is 16.6. The van der Waals surface area contributed by atoms with Crippen LogP contribution in [0.15, 0.2) is 12.3 Å². The Kier molecular flexibility index (Phi) is 11.0. The normalized spacial score (nSPS) is 11.5. The zero-order chi connectivity index (χ0) is 25.9. The van der Waals surface area contributed by atoms with Crippen LogP contribution in [0, 0.1) is 17.2 Å². The van der Waals surface area contributed by atoms with E-state index in [9.17, 15) is 9.59 Å². The predicted molar refractivity (Wildman–Crippen MR) is 132 cm³/mol.